The summed E-state index contributed by atoms with van der Waals surface area (Å²) in [6.07, 6.45) is 13.3. The Morgan fingerprint density at radius 3 is 2.81 bits per heavy atom. The second kappa shape index (κ2) is 11.3. The average Bonchev–Trinajstić information content (AvgIpc) is 3.57. The number of H-pyrrole nitrogens is 1. The number of benzene rings is 1. The molecule has 1 atom stereocenters. The molecule has 1 amide bonds. The lowest BCUT2D eigenvalue weighted by Gasteiger charge is -2.29. The molecular formula is C29H34N4O4. The average molecular weight is 503 g/mol. The summed E-state index contributed by atoms with van der Waals surface area (Å²) in [7, 11) is 0. The van der Waals surface area contributed by atoms with Crippen LogP contribution < -0.4 is 5.32 Å². The Kier molecular flexibility index (Phi) is 8.08. The van der Waals surface area contributed by atoms with Gasteiger partial charge < -0.3 is 25.3 Å². The lowest BCUT2D eigenvalue weighted by Crippen LogP contribution is -2.29. The third-order valence-corrected chi connectivity index (χ3v) is 6.99. The van der Waals surface area contributed by atoms with Crippen LogP contribution >= 0.6 is 0 Å². The normalized spacial score (nSPS) is 20.9. The van der Waals surface area contributed by atoms with E-state index in [0.29, 0.717) is 25.1 Å². The van der Waals surface area contributed by atoms with Gasteiger partial charge in [-0.2, -0.15) is 5.26 Å². The molecule has 1 aliphatic carbocycles. The number of nitrogens with one attached hydrogen (secondary N) is 2. The first kappa shape index (κ1) is 26.6. The summed E-state index contributed by atoms with van der Waals surface area (Å²) in [4.78, 5) is 19.7. The number of anilines is 1. The van der Waals surface area contributed by atoms with Crippen LogP contribution in [0.4, 0.5) is 5.69 Å². The van der Waals surface area contributed by atoms with Gasteiger partial charge in [-0.1, -0.05) is 32.1 Å². The molecule has 1 aromatic heterocycles. The van der Waals surface area contributed by atoms with Crippen LogP contribution in [0, 0.1) is 16.7 Å². The highest BCUT2D eigenvalue weighted by Crippen LogP contribution is 2.41. The van der Waals surface area contributed by atoms with Gasteiger partial charge in [0, 0.05) is 17.9 Å². The molecule has 2 aliphatic rings. The van der Waals surface area contributed by atoms with E-state index in [1.54, 1.807) is 0 Å². The highest BCUT2D eigenvalue weighted by Gasteiger charge is 2.29. The molecule has 2 heterocycles. The number of aromatic amines is 1. The summed E-state index contributed by atoms with van der Waals surface area (Å²) >= 11 is 0. The molecule has 0 radical (unpaired) electrons. The van der Waals surface area contributed by atoms with Crippen molar-refractivity contribution in [2.24, 2.45) is 5.41 Å². The highest BCUT2D eigenvalue weighted by molar-refractivity contribution is 6.03. The number of nitriles is 1. The van der Waals surface area contributed by atoms with Gasteiger partial charge >= 0.3 is 0 Å². The van der Waals surface area contributed by atoms with Gasteiger partial charge in [-0.25, -0.2) is 4.98 Å². The second-order valence-corrected chi connectivity index (χ2v) is 10.4. The van der Waals surface area contributed by atoms with Crippen LogP contribution in [0.1, 0.15) is 73.4 Å². The van der Waals surface area contributed by atoms with E-state index in [-0.39, 0.29) is 30.1 Å². The zero-order valence-electron chi connectivity index (χ0n) is 21.4. The number of imidazole rings is 1. The van der Waals surface area contributed by atoms with Crippen LogP contribution in [0.15, 0.2) is 48.7 Å². The van der Waals surface area contributed by atoms with Crippen LogP contribution in [0.5, 0.6) is 0 Å². The minimum atomic E-state index is -0.885. The van der Waals surface area contributed by atoms with Crippen molar-refractivity contribution in [2.45, 2.75) is 51.6 Å². The predicted molar refractivity (Wildman–Crippen MR) is 143 cm³/mol. The van der Waals surface area contributed by atoms with Crippen LogP contribution in [-0.2, 0) is 4.74 Å². The Balaban J connectivity index is 1.74. The molecule has 0 saturated carbocycles. The molecule has 8 heteroatoms. The number of nitrogens with zero attached hydrogens (tertiary/aromatic N) is 2. The fourth-order valence-corrected chi connectivity index (χ4v) is 4.71. The predicted octanol–water partition coefficient (Wildman–Crippen LogP) is 4.60. The molecule has 0 unspecified atom stereocenters. The van der Waals surface area contributed by atoms with Crippen LogP contribution in [0.2, 0.25) is 0 Å². The van der Waals surface area contributed by atoms with Gasteiger partial charge in [0.05, 0.1) is 19.4 Å². The smallest absolute Gasteiger partial charge is 0.291 e. The Hall–Kier alpha value is -3.51. The lowest BCUT2D eigenvalue weighted by atomic mass is 9.76. The van der Waals surface area contributed by atoms with Crippen LogP contribution in [0.25, 0.3) is 11.1 Å². The van der Waals surface area contributed by atoms with Gasteiger partial charge in [-0.15, -0.1) is 0 Å². The van der Waals surface area contributed by atoms with Crippen molar-refractivity contribution in [2.75, 3.05) is 25.1 Å². The quantitative estimate of drug-likeness (QED) is 0.371. The van der Waals surface area contributed by atoms with Gasteiger partial charge in [-0.3, -0.25) is 4.79 Å². The Labute approximate surface area is 217 Å². The molecule has 1 aromatic carbocycles. The zero-order valence-corrected chi connectivity index (χ0v) is 21.4. The summed E-state index contributed by atoms with van der Waals surface area (Å²) in [5.41, 5.74) is 4.18. The van der Waals surface area contributed by atoms with E-state index in [2.05, 4.69) is 41.3 Å². The number of carbonyl (C=O) groups excluding carboxylic acids is 1. The van der Waals surface area contributed by atoms with Crippen LogP contribution in [-0.4, -0.2) is 51.5 Å². The first-order chi connectivity index (χ1) is 17.8. The fourth-order valence-electron chi connectivity index (χ4n) is 4.71. The van der Waals surface area contributed by atoms with Crippen LogP contribution in [0.3, 0.4) is 0 Å². The van der Waals surface area contributed by atoms with Crippen molar-refractivity contribution in [3.63, 3.8) is 0 Å². The van der Waals surface area contributed by atoms with Crippen molar-refractivity contribution < 1.29 is 19.7 Å². The number of ether oxygens (including phenoxy) is 1. The molecule has 1 aliphatic heterocycles. The zero-order chi connectivity index (χ0) is 26.5. The summed E-state index contributed by atoms with van der Waals surface area (Å²) in [6, 6.07) is 7.82. The maximum atomic E-state index is 12.9. The van der Waals surface area contributed by atoms with E-state index in [9.17, 15) is 15.0 Å². The maximum absolute atomic E-state index is 12.9. The number of allylic oxidation sites excluding steroid dienone is 3. The second-order valence-electron chi connectivity index (χ2n) is 10.4. The number of hydrogen-bond donors (Lipinski definition) is 4. The summed E-state index contributed by atoms with van der Waals surface area (Å²) in [5, 5.41) is 31.6. The van der Waals surface area contributed by atoms with Crippen molar-refractivity contribution in [3.8, 4) is 6.07 Å². The maximum Gasteiger partial charge on any atom is 0.291 e. The Morgan fingerprint density at radius 2 is 2.19 bits per heavy atom. The Morgan fingerprint density at radius 1 is 1.35 bits per heavy atom. The molecule has 4 N–H and O–H groups in total. The van der Waals surface area contributed by atoms with E-state index in [1.165, 1.54) is 6.20 Å². The molecule has 2 aromatic rings. The minimum absolute atomic E-state index is 0.0508. The molecule has 0 saturated heterocycles. The number of hydrogen-bond acceptors (Lipinski definition) is 6. The fraction of sp³-hybridized carbons (Fsp3) is 0.414. The van der Waals surface area contributed by atoms with Crippen molar-refractivity contribution in [1.82, 2.24) is 9.97 Å². The summed E-state index contributed by atoms with van der Waals surface area (Å²) in [6.45, 7) is 4.81. The van der Waals surface area contributed by atoms with Crippen molar-refractivity contribution in [1.29, 1.82) is 5.26 Å². The van der Waals surface area contributed by atoms with E-state index < -0.39 is 11.5 Å². The first-order valence-corrected chi connectivity index (χ1v) is 12.6. The molecular weight excluding hydrogens is 468 g/mol. The lowest BCUT2D eigenvalue weighted by molar-refractivity contribution is 0.0181. The first-order valence-electron chi connectivity index (χ1n) is 12.6. The molecule has 0 bridgehead atoms. The Bertz CT molecular complexity index is 1280. The van der Waals surface area contributed by atoms with Gasteiger partial charge in [0.1, 0.15) is 17.4 Å². The van der Waals surface area contributed by atoms with E-state index >= 15 is 0 Å². The van der Waals surface area contributed by atoms with Crippen molar-refractivity contribution in [3.05, 3.63) is 71.3 Å². The SMILES string of the molecule is CC1(C)CC=C(c2cc(/C(=C/[C@@]3(CO)C=CCO3)CCCO)ccc2NC(=O)c2ncc(C#N)[nH]2)CC1. The number of rotatable bonds is 9. The number of aromatic nitrogens is 2. The number of aliphatic hydroxyl groups is 2. The largest absolute Gasteiger partial charge is 0.396 e. The molecule has 8 nitrogen and oxygen atoms in total. The van der Waals surface area contributed by atoms with Gasteiger partial charge in [0.25, 0.3) is 5.91 Å². The third kappa shape index (κ3) is 6.25. The molecule has 0 fully saturated rings. The van der Waals surface area contributed by atoms with Gasteiger partial charge in [-0.05, 0) is 78.5 Å². The molecule has 37 heavy (non-hydrogen) atoms. The molecule has 194 valence electrons. The van der Waals surface area contributed by atoms with Gasteiger partial charge in [0.15, 0.2) is 5.82 Å². The number of carbonyl (C=O) groups is 1. The monoisotopic (exact) mass is 502 g/mol. The van der Waals surface area contributed by atoms with E-state index in [1.807, 2.05) is 36.4 Å². The molecule has 0 spiro atoms. The third-order valence-electron chi connectivity index (χ3n) is 6.99. The summed E-state index contributed by atoms with van der Waals surface area (Å²) < 4.78 is 5.83. The molecule has 4 rings (SSSR count). The van der Waals surface area contributed by atoms with E-state index in [0.717, 1.165) is 41.5 Å². The highest BCUT2D eigenvalue weighted by atomic mass is 16.5. The van der Waals surface area contributed by atoms with E-state index in [4.69, 9.17) is 10.00 Å². The summed E-state index contributed by atoms with van der Waals surface area (Å²) in [5.74, 6) is -0.351. The van der Waals surface area contributed by atoms with Crippen molar-refractivity contribution >= 4 is 22.7 Å². The van der Waals surface area contributed by atoms with Gasteiger partial charge in [0.2, 0.25) is 0 Å². The number of amides is 1. The number of aliphatic hydroxyl groups excluding tert-OH is 2. The topological polar surface area (TPSA) is 131 Å². The standard InChI is InChI=1S/C29H34N4O4/c1-28(2)11-8-20(9-12-28)24-15-21(22(5-3-13-34)16-29(19-35)10-4-14-37-29)6-7-25(24)33-27(36)26-31-18-23(17-30)32-26/h4,6-8,10,15-16,18,34-35H,3,5,9,11-14,19H2,1-2H3,(H,31,32)(H,33,36)/b22-16+/t29-/m1/s1. The minimum Gasteiger partial charge on any atom is -0.396 e.